The van der Waals surface area contributed by atoms with E-state index >= 15 is 0 Å². The molecule has 0 aliphatic carbocycles. The van der Waals surface area contributed by atoms with Crippen LogP contribution in [0.15, 0.2) is 30.6 Å². The van der Waals surface area contributed by atoms with Crippen LogP contribution in [-0.2, 0) is 16.0 Å². The number of piperidine rings is 1. The van der Waals surface area contributed by atoms with E-state index in [9.17, 15) is 9.59 Å². The van der Waals surface area contributed by atoms with E-state index in [1.165, 1.54) is 6.20 Å². The molecule has 3 atom stereocenters. The molecule has 35 heavy (non-hydrogen) atoms. The van der Waals surface area contributed by atoms with Crippen LogP contribution in [0.2, 0.25) is 0 Å². The van der Waals surface area contributed by atoms with Gasteiger partial charge in [-0.1, -0.05) is 19.9 Å². The number of aryl methyl sites for hydroxylation is 1. The largest absolute Gasteiger partial charge is 0.383 e. The van der Waals surface area contributed by atoms with Crippen LogP contribution in [0.1, 0.15) is 50.8 Å². The summed E-state index contributed by atoms with van der Waals surface area (Å²) in [7, 11) is 2.14. The first-order chi connectivity index (χ1) is 16.8. The molecule has 2 aliphatic heterocycles. The number of hydrogen-bond acceptors (Lipinski definition) is 7. The lowest BCUT2D eigenvalue weighted by molar-refractivity contribution is -0.146. The van der Waals surface area contributed by atoms with Crippen molar-refractivity contribution in [1.29, 1.82) is 0 Å². The van der Waals surface area contributed by atoms with E-state index in [1.807, 2.05) is 19.2 Å². The number of carbonyl (C=O) groups is 2. The second-order valence-electron chi connectivity index (χ2n) is 9.99. The van der Waals surface area contributed by atoms with Gasteiger partial charge < -0.3 is 25.8 Å². The summed E-state index contributed by atoms with van der Waals surface area (Å²) in [6.45, 7) is 9.78. The molecule has 2 aromatic rings. The number of aromatic nitrogens is 2. The van der Waals surface area contributed by atoms with Gasteiger partial charge in [-0.15, -0.1) is 0 Å². The van der Waals surface area contributed by atoms with Crippen molar-refractivity contribution in [2.24, 2.45) is 5.92 Å². The van der Waals surface area contributed by atoms with Crippen molar-refractivity contribution in [1.82, 2.24) is 19.8 Å². The first-order valence-electron chi connectivity index (χ1n) is 12.5. The molecule has 0 saturated carbocycles. The highest BCUT2D eigenvalue weighted by atomic mass is 16.2. The van der Waals surface area contributed by atoms with Gasteiger partial charge >= 0.3 is 11.8 Å². The van der Waals surface area contributed by atoms with Gasteiger partial charge in [0.25, 0.3) is 0 Å². The van der Waals surface area contributed by atoms with Crippen LogP contribution < -0.4 is 16.0 Å². The molecule has 3 N–H and O–H groups in total. The quantitative estimate of drug-likeness (QED) is 0.649. The lowest BCUT2D eigenvalue weighted by Crippen LogP contribution is -2.50. The zero-order valence-corrected chi connectivity index (χ0v) is 21.2. The molecule has 9 heteroatoms. The average Bonchev–Trinajstić information content (AvgIpc) is 2.85. The zero-order valence-electron chi connectivity index (χ0n) is 21.2. The maximum absolute atomic E-state index is 13.3. The average molecular weight is 480 g/mol. The number of piperazine rings is 1. The second kappa shape index (κ2) is 10.6. The summed E-state index contributed by atoms with van der Waals surface area (Å²) in [6, 6.07) is 6.09. The molecule has 2 aromatic heterocycles. The predicted octanol–water partition coefficient (Wildman–Crippen LogP) is 2.70. The Labute approximate surface area is 207 Å². The number of nitrogen functional groups attached to an aromatic ring is 1. The molecule has 4 heterocycles. The standard InChI is InChI=1S/C26H37N7O2/c1-5-19-12-21(14-29-24(19)27)30-25(34)26(35)33-15-17(2)6-8-22(33)20-7-9-23(28-13-20)32-11-10-31(4)16-18(32)3/h7,9,12-14,17-18,22H,5-6,8,10-11,15-16H2,1-4H3,(H2,27,29)(H,30,34)/t17-,18-,22+/m0/s1. The molecule has 9 nitrogen and oxygen atoms in total. The highest BCUT2D eigenvalue weighted by molar-refractivity contribution is 6.39. The van der Waals surface area contributed by atoms with Gasteiger partial charge in [0.1, 0.15) is 11.6 Å². The number of anilines is 3. The summed E-state index contributed by atoms with van der Waals surface area (Å²) >= 11 is 0. The van der Waals surface area contributed by atoms with Gasteiger partial charge in [0.15, 0.2) is 0 Å². The number of amides is 2. The zero-order chi connectivity index (χ0) is 25.1. The van der Waals surface area contributed by atoms with Gasteiger partial charge in [0.2, 0.25) is 0 Å². The number of nitrogens with zero attached hydrogens (tertiary/aromatic N) is 5. The number of likely N-dealkylation sites (tertiary alicyclic amines) is 1. The van der Waals surface area contributed by atoms with Crippen molar-refractivity contribution in [3.05, 3.63) is 41.7 Å². The number of hydrogen-bond donors (Lipinski definition) is 2. The SMILES string of the molecule is CCc1cc(NC(=O)C(=O)N2C[C@@H](C)CC[C@@H]2c2ccc(N3CCN(C)C[C@@H]3C)nc2)cnc1N. The monoisotopic (exact) mass is 479 g/mol. The Morgan fingerprint density at radius 2 is 1.91 bits per heavy atom. The molecule has 2 fully saturated rings. The molecule has 2 saturated heterocycles. The van der Waals surface area contributed by atoms with Gasteiger partial charge in [-0.25, -0.2) is 9.97 Å². The molecule has 0 aromatic carbocycles. The Bertz CT molecular complexity index is 1060. The fourth-order valence-electron chi connectivity index (χ4n) is 5.16. The highest BCUT2D eigenvalue weighted by Gasteiger charge is 2.34. The minimum atomic E-state index is -0.659. The molecule has 4 rings (SSSR count). The second-order valence-corrected chi connectivity index (χ2v) is 9.99. The maximum Gasteiger partial charge on any atom is 0.313 e. The van der Waals surface area contributed by atoms with E-state index in [2.05, 4.69) is 47.1 Å². The fourth-order valence-corrected chi connectivity index (χ4v) is 5.16. The normalized spacial score (nSPS) is 23.3. The number of likely N-dealkylation sites (N-methyl/N-ethyl adjacent to an activating group) is 1. The van der Waals surface area contributed by atoms with Crippen LogP contribution in [0.4, 0.5) is 17.3 Å². The van der Waals surface area contributed by atoms with Gasteiger partial charge in [-0.3, -0.25) is 9.59 Å². The Morgan fingerprint density at radius 1 is 1.11 bits per heavy atom. The van der Waals surface area contributed by atoms with Gasteiger partial charge in [0, 0.05) is 38.4 Å². The molecule has 2 aliphatic rings. The van der Waals surface area contributed by atoms with E-state index < -0.39 is 11.8 Å². The molecule has 0 spiro atoms. The Kier molecular flexibility index (Phi) is 7.54. The van der Waals surface area contributed by atoms with Crippen molar-refractivity contribution in [2.45, 2.75) is 52.1 Å². The van der Waals surface area contributed by atoms with Gasteiger partial charge in [-0.05, 0) is 62.4 Å². The Balaban J connectivity index is 1.49. The fraction of sp³-hybridized carbons (Fsp3) is 0.538. The van der Waals surface area contributed by atoms with E-state index in [0.717, 1.165) is 49.4 Å². The molecular weight excluding hydrogens is 442 g/mol. The molecule has 0 unspecified atom stereocenters. The van der Waals surface area contributed by atoms with Crippen molar-refractivity contribution in [3.63, 3.8) is 0 Å². The third-order valence-electron chi connectivity index (χ3n) is 7.19. The van der Waals surface area contributed by atoms with Crippen LogP contribution >= 0.6 is 0 Å². The minimum Gasteiger partial charge on any atom is -0.383 e. The number of nitrogens with two attached hydrogens (primary N) is 1. The smallest absolute Gasteiger partial charge is 0.313 e. The van der Waals surface area contributed by atoms with Crippen molar-refractivity contribution >= 4 is 29.1 Å². The lowest BCUT2D eigenvalue weighted by Gasteiger charge is -2.40. The maximum atomic E-state index is 13.3. The summed E-state index contributed by atoms with van der Waals surface area (Å²) in [5.74, 6) is 0.522. The highest BCUT2D eigenvalue weighted by Crippen LogP contribution is 2.34. The Hall–Kier alpha value is -3.20. The van der Waals surface area contributed by atoms with Crippen molar-refractivity contribution in [3.8, 4) is 0 Å². The summed E-state index contributed by atoms with van der Waals surface area (Å²) in [5.41, 5.74) is 8.14. The third kappa shape index (κ3) is 5.56. The molecular formula is C26H37N7O2. The van der Waals surface area contributed by atoms with E-state index in [0.29, 0.717) is 36.4 Å². The molecule has 188 valence electrons. The number of rotatable bonds is 4. The molecule has 0 bridgehead atoms. The lowest BCUT2D eigenvalue weighted by atomic mass is 9.90. The van der Waals surface area contributed by atoms with E-state index in [-0.39, 0.29) is 6.04 Å². The predicted molar refractivity (Wildman–Crippen MR) is 138 cm³/mol. The number of carbonyl (C=O) groups excluding carboxylic acids is 2. The Morgan fingerprint density at radius 3 is 2.60 bits per heavy atom. The third-order valence-corrected chi connectivity index (χ3v) is 7.19. The number of pyridine rings is 2. The van der Waals surface area contributed by atoms with Crippen LogP contribution in [0.5, 0.6) is 0 Å². The summed E-state index contributed by atoms with van der Waals surface area (Å²) < 4.78 is 0. The van der Waals surface area contributed by atoms with Crippen LogP contribution in [-0.4, -0.2) is 70.9 Å². The van der Waals surface area contributed by atoms with Gasteiger partial charge in [0.05, 0.1) is 17.9 Å². The van der Waals surface area contributed by atoms with Gasteiger partial charge in [-0.2, -0.15) is 0 Å². The summed E-state index contributed by atoms with van der Waals surface area (Å²) in [6.07, 6.45) is 5.84. The van der Waals surface area contributed by atoms with Crippen LogP contribution in [0, 0.1) is 5.92 Å². The summed E-state index contributed by atoms with van der Waals surface area (Å²) in [4.78, 5) is 41.4. The molecule has 2 amide bonds. The van der Waals surface area contributed by atoms with E-state index in [1.54, 1.807) is 11.0 Å². The topological polar surface area (TPSA) is 108 Å². The first kappa shape index (κ1) is 24.9. The summed E-state index contributed by atoms with van der Waals surface area (Å²) in [5, 5.41) is 2.71. The molecule has 0 radical (unpaired) electrons. The van der Waals surface area contributed by atoms with Crippen LogP contribution in [0.3, 0.4) is 0 Å². The van der Waals surface area contributed by atoms with E-state index in [4.69, 9.17) is 10.7 Å². The first-order valence-corrected chi connectivity index (χ1v) is 12.5. The van der Waals surface area contributed by atoms with Crippen LogP contribution in [0.25, 0.3) is 0 Å². The minimum absolute atomic E-state index is 0.174. The van der Waals surface area contributed by atoms with Crippen molar-refractivity contribution in [2.75, 3.05) is 49.2 Å². The van der Waals surface area contributed by atoms with Crippen molar-refractivity contribution < 1.29 is 9.59 Å². The number of nitrogens with one attached hydrogen (secondary N) is 1.